The van der Waals surface area contributed by atoms with Gasteiger partial charge in [-0.25, -0.2) is 9.59 Å². The first-order valence-corrected chi connectivity index (χ1v) is 9.56. The van der Waals surface area contributed by atoms with Crippen LogP contribution in [0.1, 0.15) is 30.0 Å². The van der Waals surface area contributed by atoms with Crippen molar-refractivity contribution in [3.63, 3.8) is 0 Å². The van der Waals surface area contributed by atoms with E-state index in [1.165, 1.54) is 0 Å². The zero-order chi connectivity index (χ0) is 19.7. The fourth-order valence-electron chi connectivity index (χ4n) is 3.47. The molecule has 0 saturated heterocycles. The lowest BCUT2D eigenvalue weighted by Crippen LogP contribution is -2.26. The van der Waals surface area contributed by atoms with E-state index in [4.69, 9.17) is 25.5 Å². The molecule has 0 radical (unpaired) electrons. The van der Waals surface area contributed by atoms with E-state index in [0.717, 1.165) is 41.3 Å². The normalized spacial score (nSPS) is 13.9. The van der Waals surface area contributed by atoms with E-state index < -0.39 is 12.1 Å². The zero-order valence-corrected chi connectivity index (χ0v) is 16.1. The monoisotopic (exact) mass is 398 g/mol. The van der Waals surface area contributed by atoms with E-state index in [2.05, 4.69) is 0 Å². The Morgan fingerprint density at radius 3 is 2.79 bits per heavy atom. The minimum Gasteiger partial charge on any atom is -0.479 e. The number of fused-ring (bicyclic) bond motifs is 3. The number of rotatable bonds is 5. The van der Waals surface area contributed by atoms with Crippen LogP contribution in [0.5, 0.6) is 5.75 Å². The Morgan fingerprint density at radius 1 is 1.18 bits per heavy atom. The molecule has 0 aliphatic heterocycles. The Labute approximate surface area is 166 Å². The maximum Gasteiger partial charge on any atom is 0.347 e. The molecule has 4 rings (SSSR count). The fourth-order valence-corrected chi connectivity index (χ4v) is 3.66. The second-order valence-corrected chi connectivity index (χ2v) is 7.22. The molecule has 0 fully saturated rings. The van der Waals surface area contributed by atoms with Gasteiger partial charge in [-0.05, 0) is 49.9 Å². The van der Waals surface area contributed by atoms with Gasteiger partial charge in [-0.2, -0.15) is 0 Å². The van der Waals surface area contributed by atoms with Crippen LogP contribution >= 0.6 is 11.6 Å². The molecule has 5 nitrogen and oxygen atoms in total. The van der Waals surface area contributed by atoms with Gasteiger partial charge in [0.1, 0.15) is 17.9 Å². The molecule has 1 heterocycles. The highest BCUT2D eigenvalue weighted by molar-refractivity contribution is 6.31. The summed E-state index contributed by atoms with van der Waals surface area (Å²) in [6, 6.07) is 12.5. The highest BCUT2D eigenvalue weighted by Gasteiger charge is 2.21. The van der Waals surface area contributed by atoms with Crippen molar-refractivity contribution in [1.82, 2.24) is 0 Å². The molecule has 2 aromatic carbocycles. The third-order valence-corrected chi connectivity index (χ3v) is 5.29. The van der Waals surface area contributed by atoms with Gasteiger partial charge in [0, 0.05) is 27.6 Å². The molecule has 1 aromatic heterocycles. The summed E-state index contributed by atoms with van der Waals surface area (Å²) >= 11 is 6.07. The third-order valence-electron chi connectivity index (χ3n) is 4.92. The van der Waals surface area contributed by atoms with Gasteiger partial charge in [-0.3, -0.25) is 0 Å². The largest absolute Gasteiger partial charge is 0.479 e. The van der Waals surface area contributed by atoms with Crippen molar-refractivity contribution in [3.8, 4) is 5.75 Å². The number of esters is 1. The van der Waals surface area contributed by atoms with E-state index >= 15 is 0 Å². The molecule has 1 aliphatic carbocycles. The van der Waals surface area contributed by atoms with Crippen LogP contribution in [0.15, 0.2) is 51.7 Å². The van der Waals surface area contributed by atoms with Gasteiger partial charge in [0.25, 0.3) is 0 Å². The lowest BCUT2D eigenvalue weighted by Gasteiger charge is -2.15. The first kappa shape index (κ1) is 18.6. The predicted molar refractivity (Wildman–Crippen MR) is 106 cm³/mol. The summed E-state index contributed by atoms with van der Waals surface area (Å²) in [5.74, 6) is -0.0637. The summed E-state index contributed by atoms with van der Waals surface area (Å²) in [7, 11) is 0. The van der Waals surface area contributed by atoms with Gasteiger partial charge in [0.15, 0.2) is 6.10 Å². The minimum atomic E-state index is -0.818. The first-order chi connectivity index (χ1) is 13.5. The van der Waals surface area contributed by atoms with E-state index in [9.17, 15) is 9.59 Å². The average Bonchev–Trinajstić information content (AvgIpc) is 3.18. The van der Waals surface area contributed by atoms with Crippen LogP contribution < -0.4 is 10.4 Å². The minimum absolute atomic E-state index is 0.0743. The molecule has 0 bridgehead atoms. The van der Waals surface area contributed by atoms with Crippen molar-refractivity contribution in [2.24, 2.45) is 0 Å². The van der Waals surface area contributed by atoms with Crippen LogP contribution in [0.25, 0.3) is 11.0 Å². The Hall–Kier alpha value is -2.79. The topological polar surface area (TPSA) is 65.7 Å². The highest BCUT2D eigenvalue weighted by Crippen LogP contribution is 2.30. The molecule has 1 aliphatic rings. The smallest absolute Gasteiger partial charge is 0.347 e. The Balaban J connectivity index is 1.47. The zero-order valence-electron chi connectivity index (χ0n) is 15.4. The quantitative estimate of drug-likeness (QED) is 0.469. The highest BCUT2D eigenvalue weighted by atomic mass is 35.5. The maximum absolute atomic E-state index is 12.2. The van der Waals surface area contributed by atoms with Crippen molar-refractivity contribution in [2.75, 3.05) is 0 Å². The van der Waals surface area contributed by atoms with E-state index in [1.54, 1.807) is 31.2 Å². The SMILES string of the molecule is C[C@@H](Oc1ccc2c3c(c(=O)oc2c1)CCC3)C(=O)OCc1ccccc1Cl. The molecule has 0 saturated carbocycles. The molecule has 3 aromatic rings. The molecule has 144 valence electrons. The summed E-state index contributed by atoms with van der Waals surface area (Å²) in [5.41, 5.74) is 2.75. The number of ether oxygens (including phenoxy) is 2. The number of halogens is 1. The Morgan fingerprint density at radius 2 is 1.96 bits per heavy atom. The van der Waals surface area contributed by atoms with E-state index in [1.807, 2.05) is 18.2 Å². The van der Waals surface area contributed by atoms with E-state index in [0.29, 0.717) is 16.4 Å². The standard InChI is InChI=1S/C22H19ClO5/c1-13(21(24)26-12-14-5-2-3-8-19(14)23)27-15-9-10-17-16-6-4-7-18(16)22(25)28-20(17)11-15/h2-3,5,8-11,13H,4,6-7,12H2,1H3/t13-/m1/s1. The predicted octanol–water partition coefficient (Wildman–Crippen LogP) is 4.45. The number of carbonyl (C=O) groups excluding carboxylic acids is 1. The van der Waals surface area contributed by atoms with Gasteiger partial charge < -0.3 is 13.9 Å². The summed E-state index contributed by atoms with van der Waals surface area (Å²) in [6.07, 6.45) is 1.79. The molecule has 0 unspecified atom stereocenters. The van der Waals surface area contributed by atoms with Crippen molar-refractivity contribution >= 4 is 28.5 Å². The molecule has 6 heteroatoms. The summed E-state index contributed by atoms with van der Waals surface area (Å²) in [6.45, 7) is 1.68. The number of carbonyl (C=O) groups is 1. The van der Waals surface area contributed by atoms with Gasteiger partial charge >= 0.3 is 11.6 Å². The molecule has 1 atom stereocenters. The Kier molecular flexibility index (Phi) is 5.09. The number of aryl methyl sites for hydroxylation is 1. The van der Waals surface area contributed by atoms with Gasteiger partial charge in [0.05, 0.1) is 0 Å². The summed E-state index contributed by atoms with van der Waals surface area (Å²) < 4.78 is 16.4. The van der Waals surface area contributed by atoms with Crippen LogP contribution in [0.3, 0.4) is 0 Å². The lowest BCUT2D eigenvalue weighted by molar-refractivity contribution is -0.152. The van der Waals surface area contributed by atoms with Gasteiger partial charge in [-0.1, -0.05) is 29.8 Å². The second-order valence-electron chi connectivity index (χ2n) is 6.82. The number of hydrogen-bond acceptors (Lipinski definition) is 5. The summed E-state index contributed by atoms with van der Waals surface area (Å²) in [4.78, 5) is 24.4. The second kappa shape index (κ2) is 7.68. The molecular formula is C22H19ClO5. The molecule has 0 N–H and O–H groups in total. The average molecular weight is 399 g/mol. The fraction of sp³-hybridized carbons (Fsp3) is 0.273. The van der Waals surface area contributed by atoms with Crippen LogP contribution in [0.4, 0.5) is 0 Å². The van der Waals surface area contributed by atoms with Crippen molar-refractivity contribution in [1.29, 1.82) is 0 Å². The first-order valence-electron chi connectivity index (χ1n) is 9.18. The maximum atomic E-state index is 12.2. The van der Waals surface area contributed by atoms with Crippen molar-refractivity contribution in [2.45, 2.75) is 38.9 Å². The lowest BCUT2D eigenvalue weighted by atomic mass is 10.1. The number of benzene rings is 2. The van der Waals surface area contributed by atoms with Gasteiger partial charge in [0.2, 0.25) is 0 Å². The molecule has 0 spiro atoms. The van der Waals surface area contributed by atoms with E-state index in [-0.39, 0.29) is 12.2 Å². The van der Waals surface area contributed by atoms with Crippen molar-refractivity contribution in [3.05, 3.63) is 74.6 Å². The third kappa shape index (κ3) is 3.62. The Bertz CT molecular complexity index is 1100. The molecular weight excluding hydrogens is 380 g/mol. The summed E-state index contributed by atoms with van der Waals surface area (Å²) in [5, 5.41) is 1.47. The van der Waals surface area contributed by atoms with Crippen LogP contribution in [0.2, 0.25) is 5.02 Å². The molecule has 0 amide bonds. The van der Waals surface area contributed by atoms with Crippen molar-refractivity contribution < 1.29 is 18.7 Å². The molecule has 28 heavy (non-hydrogen) atoms. The van der Waals surface area contributed by atoms with Crippen LogP contribution in [-0.2, 0) is 29.0 Å². The van der Waals surface area contributed by atoms with Crippen LogP contribution in [-0.4, -0.2) is 12.1 Å². The van der Waals surface area contributed by atoms with Crippen LogP contribution in [0, 0.1) is 0 Å². The van der Waals surface area contributed by atoms with Gasteiger partial charge in [-0.15, -0.1) is 0 Å². The number of hydrogen-bond donors (Lipinski definition) is 0.